The molecular weight excluding hydrogens is 326 g/mol. The highest BCUT2D eigenvalue weighted by atomic mass is 16.6. The molecule has 0 fully saturated rings. The second-order valence-corrected chi connectivity index (χ2v) is 5.35. The molecule has 0 amide bonds. The molecule has 8 heteroatoms. The number of nitro benzene ring substituents is 1. The first-order valence-corrected chi connectivity index (χ1v) is 7.35. The maximum absolute atomic E-state index is 12.1. The van der Waals surface area contributed by atoms with Crippen molar-refractivity contribution in [1.82, 2.24) is 9.38 Å². The average Bonchev–Trinajstić information content (AvgIpc) is 3.03. The van der Waals surface area contributed by atoms with E-state index in [4.69, 9.17) is 4.74 Å². The van der Waals surface area contributed by atoms with Crippen LogP contribution in [0.15, 0.2) is 48.8 Å². The molecule has 0 atom stereocenters. The molecule has 0 saturated carbocycles. The summed E-state index contributed by atoms with van der Waals surface area (Å²) in [6.45, 7) is 1.06. The van der Waals surface area contributed by atoms with Crippen molar-refractivity contribution in [2.45, 2.75) is 6.92 Å². The van der Waals surface area contributed by atoms with Crippen LogP contribution in [0.2, 0.25) is 0 Å². The Morgan fingerprint density at radius 1 is 1.28 bits per heavy atom. The molecule has 3 aromatic rings. The number of carbonyl (C=O) groups is 2. The monoisotopic (exact) mass is 339 g/mol. The number of carbonyl (C=O) groups excluding carboxylic acids is 2. The van der Waals surface area contributed by atoms with E-state index in [1.54, 1.807) is 35.7 Å². The van der Waals surface area contributed by atoms with Gasteiger partial charge >= 0.3 is 5.97 Å². The van der Waals surface area contributed by atoms with Crippen LogP contribution in [0.3, 0.4) is 0 Å². The van der Waals surface area contributed by atoms with Gasteiger partial charge in [0.05, 0.1) is 4.92 Å². The summed E-state index contributed by atoms with van der Waals surface area (Å²) in [5.74, 6) is -1.26. The normalized spacial score (nSPS) is 10.6. The summed E-state index contributed by atoms with van der Waals surface area (Å²) in [6, 6.07) is 9.42. The fourth-order valence-corrected chi connectivity index (χ4v) is 2.30. The van der Waals surface area contributed by atoms with Gasteiger partial charge in [-0.05, 0) is 19.1 Å². The first kappa shape index (κ1) is 16.3. The molecule has 0 aliphatic carbocycles. The van der Waals surface area contributed by atoms with Crippen LogP contribution in [-0.4, -0.2) is 32.7 Å². The molecule has 8 nitrogen and oxygen atoms in total. The van der Waals surface area contributed by atoms with Gasteiger partial charge in [0.25, 0.3) is 5.69 Å². The zero-order valence-corrected chi connectivity index (χ0v) is 13.2. The molecule has 126 valence electrons. The lowest BCUT2D eigenvalue weighted by molar-refractivity contribution is -0.385. The van der Waals surface area contributed by atoms with Crippen molar-refractivity contribution in [3.05, 3.63) is 75.7 Å². The highest BCUT2D eigenvalue weighted by molar-refractivity contribution is 5.99. The Morgan fingerprint density at radius 2 is 2.08 bits per heavy atom. The number of benzene rings is 1. The number of hydrogen-bond acceptors (Lipinski definition) is 6. The summed E-state index contributed by atoms with van der Waals surface area (Å²) >= 11 is 0. The smallest absolute Gasteiger partial charge is 0.359 e. The van der Waals surface area contributed by atoms with Crippen molar-refractivity contribution in [2.24, 2.45) is 0 Å². The highest BCUT2D eigenvalue weighted by Gasteiger charge is 2.18. The van der Waals surface area contributed by atoms with Crippen LogP contribution in [-0.2, 0) is 4.74 Å². The summed E-state index contributed by atoms with van der Waals surface area (Å²) in [5.41, 5.74) is 1.06. The molecule has 0 bridgehead atoms. The SMILES string of the molecule is Cc1ccc(C(=O)COC(=O)c2cn3ccccc3n2)cc1[N+](=O)[O-]. The highest BCUT2D eigenvalue weighted by Crippen LogP contribution is 2.19. The van der Waals surface area contributed by atoms with Gasteiger partial charge in [0.15, 0.2) is 12.3 Å². The van der Waals surface area contributed by atoms with Gasteiger partial charge in [-0.1, -0.05) is 18.2 Å². The topological polar surface area (TPSA) is 104 Å². The van der Waals surface area contributed by atoms with Gasteiger partial charge in [0, 0.05) is 29.6 Å². The number of aromatic nitrogens is 2. The molecule has 3 rings (SSSR count). The van der Waals surface area contributed by atoms with Crippen LogP contribution in [0.4, 0.5) is 5.69 Å². The molecule has 0 N–H and O–H groups in total. The number of Topliss-reactive ketones (excluding diaryl/α,β-unsaturated/α-hetero) is 1. The fraction of sp³-hybridized carbons (Fsp3) is 0.118. The quantitative estimate of drug-likeness (QED) is 0.306. The van der Waals surface area contributed by atoms with Crippen molar-refractivity contribution in [2.75, 3.05) is 6.61 Å². The van der Waals surface area contributed by atoms with Crippen LogP contribution in [0.5, 0.6) is 0 Å². The standard InChI is InChI=1S/C17H13N3O5/c1-11-5-6-12(8-14(11)20(23)24)15(21)10-25-17(22)13-9-19-7-3-2-4-16(19)18-13/h2-9H,10H2,1H3. The van der Waals surface area contributed by atoms with Gasteiger partial charge in [-0.25, -0.2) is 9.78 Å². The van der Waals surface area contributed by atoms with Gasteiger partial charge in [0.1, 0.15) is 5.65 Å². The van der Waals surface area contributed by atoms with Gasteiger partial charge < -0.3 is 9.14 Å². The van der Waals surface area contributed by atoms with Crippen LogP contribution in [0.25, 0.3) is 5.65 Å². The van der Waals surface area contributed by atoms with E-state index in [1.807, 2.05) is 0 Å². The van der Waals surface area contributed by atoms with Crippen molar-refractivity contribution in [1.29, 1.82) is 0 Å². The minimum Gasteiger partial charge on any atom is -0.453 e. The van der Waals surface area contributed by atoms with Crippen LogP contribution in [0.1, 0.15) is 26.4 Å². The minimum atomic E-state index is -0.737. The third kappa shape index (κ3) is 3.37. The number of esters is 1. The molecular formula is C17H13N3O5. The molecule has 1 aromatic carbocycles. The summed E-state index contributed by atoms with van der Waals surface area (Å²) in [5, 5.41) is 10.9. The maximum Gasteiger partial charge on any atom is 0.359 e. The van der Waals surface area contributed by atoms with Crippen LogP contribution in [0, 0.1) is 17.0 Å². The van der Waals surface area contributed by atoms with E-state index in [2.05, 4.69) is 4.98 Å². The average molecular weight is 339 g/mol. The number of ketones is 1. The lowest BCUT2D eigenvalue weighted by atomic mass is 10.1. The molecule has 2 heterocycles. The number of imidazole rings is 1. The molecule has 0 aliphatic rings. The van der Waals surface area contributed by atoms with Gasteiger partial charge in [-0.2, -0.15) is 0 Å². The second-order valence-electron chi connectivity index (χ2n) is 5.35. The number of ether oxygens (including phenoxy) is 1. The lowest BCUT2D eigenvalue weighted by Crippen LogP contribution is -2.14. The van der Waals surface area contributed by atoms with E-state index in [1.165, 1.54) is 24.4 Å². The summed E-state index contributed by atoms with van der Waals surface area (Å²) in [7, 11) is 0. The third-order valence-corrected chi connectivity index (χ3v) is 3.64. The number of hydrogen-bond donors (Lipinski definition) is 0. The largest absolute Gasteiger partial charge is 0.453 e. The Balaban J connectivity index is 1.70. The fourth-order valence-electron chi connectivity index (χ4n) is 2.30. The minimum absolute atomic E-state index is 0.0777. The van der Waals surface area contributed by atoms with E-state index < -0.39 is 23.3 Å². The zero-order valence-electron chi connectivity index (χ0n) is 13.2. The van der Waals surface area contributed by atoms with Gasteiger partial charge in [-0.3, -0.25) is 14.9 Å². The first-order chi connectivity index (χ1) is 12.0. The van der Waals surface area contributed by atoms with Crippen molar-refractivity contribution < 1.29 is 19.2 Å². The summed E-state index contributed by atoms with van der Waals surface area (Å²) in [6.07, 6.45) is 3.23. The van der Waals surface area contributed by atoms with E-state index >= 15 is 0 Å². The molecule has 0 saturated heterocycles. The van der Waals surface area contributed by atoms with Crippen molar-refractivity contribution in [3.63, 3.8) is 0 Å². The Hall–Kier alpha value is -3.55. The number of fused-ring (bicyclic) bond motifs is 1. The Morgan fingerprint density at radius 3 is 2.80 bits per heavy atom. The predicted octanol–water partition coefficient (Wildman–Crippen LogP) is 2.59. The second kappa shape index (κ2) is 6.52. The van der Waals surface area contributed by atoms with Crippen molar-refractivity contribution >= 4 is 23.1 Å². The zero-order chi connectivity index (χ0) is 18.0. The lowest BCUT2D eigenvalue weighted by Gasteiger charge is -2.04. The third-order valence-electron chi connectivity index (χ3n) is 3.64. The number of nitro groups is 1. The first-order valence-electron chi connectivity index (χ1n) is 7.35. The van der Waals surface area contributed by atoms with Crippen LogP contribution < -0.4 is 0 Å². The predicted molar refractivity (Wildman–Crippen MR) is 87.6 cm³/mol. The van der Waals surface area contributed by atoms with E-state index in [9.17, 15) is 19.7 Å². The van der Waals surface area contributed by atoms with Gasteiger partial charge in [0.2, 0.25) is 5.78 Å². The molecule has 2 aromatic heterocycles. The summed E-state index contributed by atoms with van der Waals surface area (Å²) < 4.78 is 6.62. The van der Waals surface area contributed by atoms with Gasteiger partial charge in [-0.15, -0.1) is 0 Å². The van der Waals surface area contributed by atoms with E-state index in [-0.39, 0.29) is 16.9 Å². The number of nitrogens with zero attached hydrogens (tertiary/aromatic N) is 3. The summed E-state index contributed by atoms with van der Waals surface area (Å²) in [4.78, 5) is 38.6. The number of rotatable bonds is 5. The molecule has 0 spiro atoms. The molecule has 0 unspecified atom stereocenters. The van der Waals surface area contributed by atoms with Crippen LogP contribution >= 0.6 is 0 Å². The van der Waals surface area contributed by atoms with Crippen molar-refractivity contribution in [3.8, 4) is 0 Å². The Labute approximate surface area is 141 Å². The Kier molecular flexibility index (Phi) is 4.25. The molecule has 25 heavy (non-hydrogen) atoms. The molecule has 0 radical (unpaired) electrons. The number of pyridine rings is 1. The van der Waals surface area contributed by atoms with E-state index in [0.717, 1.165) is 0 Å². The Bertz CT molecular complexity index is 960. The maximum atomic E-state index is 12.1. The van der Waals surface area contributed by atoms with E-state index in [0.29, 0.717) is 11.2 Å². The number of aryl methyl sites for hydroxylation is 1. The molecule has 0 aliphatic heterocycles.